The van der Waals surface area contributed by atoms with E-state index in [2.05, 4.69) is 46.9 Å². The third kappa shape index (κ3) is 3.38. The molecule has 0 bridgehead atoms. The van der Waals surface area contributed by atoms with Crippen molar-refractivity contribution in [3.05, 3.63) is 15.6 Å². The highest BCUT2D eigenvalue weighted by molar-refractivity contribution is 7.12. The van der Waals surface area contributed by atoms with Crippen LogP contribution in [-0.2, 0) is 11.8 Å². The number of thiazole rings is 1. The highest BCUT2D eigenvalue weighted by Gasteiger charge is 2.36. The van der Waals surface area contributed by atoms with Crippen LogP contribution in [0.2, 0.25) is 0 Å². The standard InChI is InChI=1S/C16H28N2S/c1-7-8-17-11-9-16(5,6)10-12-13(11)19-14(18-12)15(2,3)4/h11,17H,7-10H2,1-6H3. The zero-order chi connectivity index (χ0) is 14.3. The van der Waals surface area contributed by atoms with Crippen LogP contribution >= 0.6 is 11.3 Å². The fraction of sp³-hybridized carbons (Fsp3) is 0.812. The summed E-state index contributed by atoms with van der Waals surface area (Å²) in [5, 5.41) is 5.01. The van der Waals surface area contributed by atoms with Gasteiger partial charge < -0.3 is 5.32 Å². The van der Waals surface area contributed by atoms with Gasteiger partial charge in [0, 0.05) is 16.3 Å². The van der Waals surface area contributed by atoms with E-state index >= 15 is 0 Å². The van der Waals surface area contributed by atoms with E-state index in [0.717, 1.165) is 13.0 Å². The van der Waals surface area contributed by atoms with Gasteiger partial charge >= 0.3 is 0 Å². The van der Waals surface area contributed by atoms with Crippen molar-refractivity contribution in [2.24, 2.45) is 5.41 Å². The fourth-order valence-electron chi connectivity index (χ4n) is 2.74. The summed E-state index contributed by atoms with van der Waals surface area (Å²) in [4.78, 5) is 6.45. The monoisotopic (exact) mass is 280 g/mol. The Kier molecular flexibility index (Phi) is 4.08. The average molecular weight is 280 g/mol. The number of rotatable bonds is 3. The van der Waals surface area contributed by atoms with Gasteiger partial charge in [-0.1, -0.05) is 41.5 Å². The summed E-state index contributed by atoms with van der Waals surface area (Å²) in [6.45, 7) is 14.8. The Morgan fingerprint density at radius 2 is 2.05 bits per heavy atom. The van der Waals surface area contributed by atoms with E-state index < -0.39 is 0 Å². The Labute approximate surface area is 122 Å². The Bertz CT molecular complexity index is 440. The van der Waals surface area contributed by atoms with Gasteiger partial charge in [0.2, 0.25) is 0 Å². The molecule has 1 aromatic heterocycles. The summed E-state index contributed by atoms with van der Waals surface area (Å²) < 4.78 is 0. The number of fused-ring (bicyclic) bond motifs is 1. The van der Waals surface area contributed by atoms with Crippen LogP contribution in [-0.4, -0.2) is 11.5 Å². The molecular formula is C16H28N2S. The first-order valence-corrected chi connectivity index (χ1v) is 8.28. The zero-order valence-electron chi connectivity index (χ0n) is 13.3. The molecule has 0 spiro atoms. The molecule has 1 N–H and O–H groups in total. The molecule has 0 saturated carbocycles. The number of hydrogen-bond donors (Lipinski definition) is 1. The van der Waals surface area contributed by atoms with Crippen molar-refractivity contribution in [3.63, 3.8) is 0 Å². The lowest BCUT2D eigenvalue weighted by atomic mass is 9.76. The fourth-order valence-corrected chi connectivity index (χ4v) is 3.95. The molecule has 3 heteroatoms. The number of hydrogen-bond acceptors (Lipinski definition) is 3. The van der Waals surface area contributed by atoms with Gasteiger partial charge in [-0.05, 0) is 31.2 Å². The summed E-state index contributed by atoms with van der Waals surface area (Å²) in [5.74, 6) is 0. The Balaban J connectivity index is 2.33. The average Bonchev–Trinajstić information content (AvgIpc) is 2.67. The Hall–Kier alpha value is -0.410. The minimum atomic E-state index is 0.168. The minimum absolute atomic E-state index is 0.168. The molecule has 108 valence electrons. The molecule has 0 radical (unpaired) electrons. The molecular weight excluding hydrogens is 252 g/mol. The maximum absolute atomic E-state index is 4.95. The highest BCUT2D eigenvalue weighted by atomic mass is 32.1. The number of aromatic nitrogens is 1. The summed E-state index contributed by atoms with van der Waals surface area (Å²) in [6.07, 6.45) is 3.54. The first-order valence-electron chi connectivity index (χ1n) is 7.46. The molecule has 1 aliphatic carbocycles. The van der Waals surface area contributed by atoms with Crippen LogP contribution in [0.3, 0.4) is 0 Å². The van der Waals surface area contributed by atoms with Crippen LogP contribution in [0.4, 0.5) is 0 Å². The second-order valence-electron chi connectivity index (χ2n) is 7.63. The molecule has 0 amide bonds. The van der Waals surface area contributed by atoms with Crippen molar-refractivity contribution in [1.82, 2.24) is 10.3 Å². The second-order valence-corrected chi connectivity index (χ2v) is 8.66. The first-order chi connectivity index (χ1) is 8.73. The third-order valence-corrected chi connectivity index (χ3v) is 5.37. The predicted molar refractivity (Wildman–Crippen MR) is 84.0 cm³/mol. The molecule has 2 rings (SSSR count). The van der Waals surface area contributed by atoms with Crippen molar-refractivity contribution >= 4 is 11.3 Å². The molecule has 0 fully saturated rings. The maximum atomic E-state index is 4.95. The normalized spacial score (nSPS) is 22.3. The molecule has 0 aliphatic heterocycles. The molecule has 1 aromatic rings. The van der Waals surface area contributed by atoms with Gasteiger partial charge in [0.05, 0.1) is 10.7 Å². The van der Waals surface area contributed by atoms with E-state index in [4.69, 9.17) is 4.98 Å². The van der Waals surface area contributed by atoms with E-state index in [1.807, 2.05) is 11.3 Å². The summed E-state index contributed by atoms with van der Waals surface area (Å²) in [6, 6.07) is 0.507. The number of nitrogens with zero attached hydrogens (tertiary/aromatic N) is 1. The maximum Gasteiger partial charge on any atom is 0.0985 e. The van der Waals surface area contributed by atoms with Gasteiger partial charge in [0.1, 0.15) is 0 Å². The van der Waals surface area contributed by atoms with Crippen molar-refractivity contribution in [1.29, 1.82) is 0 Å². The van der Waals surface area contributed by atoms with E-state index in [1.165, 1.54) is 28.4 Å². The van der Waals surface area contributed by atoms with Crippen LogP contribution in [0.1, 0.15) is 76.0 Å². The van der Waals surface area contributed by atoms with E-state index in [9.17, 15) is 0 Å². The van der Waals surface area contributed by atoms with Crippen LogP contribution in [0.5, 0.6) is 0 Å². The first kappa shape index (κ1) is 15.0. The lowest BCUT2D eigenvalue weighted by Crippen LogP contribution is -2.33. The zero-order valence-corrected chi connectivity index (χ0v) is 14.1. The van der Waals surface area contributed by atoms with Crippen LogP contribution in [0.15, 0.2) is 0 Å². The molecule has 1 heterocycles. The lowest BCUT2D eigenvalue weighted by molar-refractivity contribution is 0.258. The van der Waals surface area contributed by atoms with Crippen molar-refractivity contribution in [3.8, 4) is 0 Å². The van der Waals surface area contributed by atoms with Gasteiger partial charge in [0.15, 0.2) is 0 Å². The molecule has 2 nitrogen and oxygen atoms in total. The van der Waals surface area contributed by atoms with Crippen molar-refractivity contribution in [2.75, 3.05) is 6.54 Å². The van der Waals surface area contributed by atoms with Crippen LogP contribution in [0.25, 0.3) is 0 Å². The topological polar surface area (TPSA) is 24.9 Å². The van der Waals surface area contributed by atoms with Crippen LogP contribution < -0.4 is 5.32 Å². The van der Waals surface area contributed by atoms with E-state index in [1.54, 1.807) is 0 Å². The summed E-state index contributed by atoms with van der Waals surface area (Å²) in [7, 11) is 0. The van der Waals surface area contributed by atoms with Gasteiger partial charge in [-0.25, -0.2) is 4.98 Å². The smallest absolute Gasteiger partial charge is 0.0985 e. The van der Waals surface area contributed by atoms with E-state index in [-0.39, 0.29) is 5.41 Å². The Morgan fingerprint density at radius 3 is 2.63 bits per heavy atom. The van der Waals surface area contributed by atoms with Crippen molar-refractivity contribution < 1.29 is 0 Å². The SMILES string of the molecule is CCCNC1CC(C)(C)Cc2nc(C(C)(C)C)sc21. The molecule has 1 aliphatic rings. The van der Waals surface area contributed by atoms with Gasteiger partial charge in [0.25, 0.3) is 0 Å². The second kappa shape index (κ2) is 5.17. The summed E-state index contributed by atoms with van der Waals surface area (Å²) in [5.41, 5.74) is 1.88. The summed E-state index contributed by atoms with van der Waals surface area (Å²) >= 11 is 1.93. The highest BCUT2D eigenvalue weighted by Crippen LogP contribution is 2.44. The molecule has 19 heavy (non-hydrogen) atoms. The molecule has 0 saturated heterocycles. The quantitative estimate of drug-likeness (QED) is 0.884. The van der Waals surface area contributed by atoms with Gasteiger partial charge in [-0.2, -0.15) is 0 Å². The van der Waals surface area contributed by atoms with Crippen LogP contribution in [0, 0.1) is 5.41 Å². The molecule has 1 unspecified atom stereocenters. The number of nitrogens with one attached hydrogen (secondary N) is 1. The van der Waals surface area contributed by atoms with Gasteiger partial charge in [-0.3, -0.25) is 0 Å². The molecule has 1 atom stereocenters. The molecule has 0 aromatic carbocycles. The van der Waals surface area contributed by atoms with Gasteiger partial charge in [-0.15, -0.1) is 11.3 Å². The lowest BCUT2D eigenvalue weighted by Gasteiger charge is -2.34. The van der Waals surface area contributed by atoms with E-state index in [0.29, 0.717) is 11.5 Å². The Morgan fingerprint density at radius 1 is 1.37 bits per heavy atom. The predicted octanol–water partition coefficient (Wildman–Crippen LogP) is 4.45. The largest absolute Gasteiger partial charge is 0.309 e. The minimum Gasteiger partial charge on any atom is -0.309 e. The van der Waals surface area contributed by atoms with Crippen molar-refractivity contribution in [2.45, 2.75) is 72.3 Å². The third-order valence-electron chi connectivity index (χ3n) is 3.73.